The second-order valence-electron chi connectivity index (χ2n) is 6.40. The van der Waals surface area contributed by atoms with E-state index in [-0.39, 0.29) is 12.5 Å². The van der Waals surface area contributed by atoms with Crippen molar-refractivity contribution in [2.75, 3.05) is 13.3 Å². The zero-order chi connectivity index (χ0) is 20.3. The van der Waals surface area contributed by atoms with Gasteiger partial charge in [-0.2, -0.15) is 11.8 Å². The lowest BCUT2D eigenvalue weighted by molar-refractivity contribution is -0.138. The Morgan fingerprint density at radius 3 is 2.68 bits per heavy atom. The molecule has 1 heterocycles. The maximum atomic E-state index is 13.6. The monoisotopic (exact) mass is 400 g/mol. The fourth-order valence-corrected chi connectivity index (χ4v) is 3.67. The van der Waals surface area contributed by atoms with Crippen LogP contribution < -0.4 is 5.73 Å². The molecule has 2 N–H and O–H groups in total. The van der Waals surface area contributed by atoms with Crippen molar-refractivity contribution >= 4 is 34.6 Å². The third-order valence-corrected chi connectivity index (χ3v) is 5.06. The van der Waals surface area contributed by atoms with Crippen molar-refractivity contribution in [2.45, 2.75) is 18.3 Å². The van der Waals surface area contributed by atoms with Crippen LogP contribution in [-0.2, 0) is 21.9 Å². The Balaban J connectivity index is 1.92. The quantitative estimate of drug-likeness (QED) is 0.661. The van der Waals surface area contributed by atoms with Crippen LogP contribution in [0, 0.1) is 5.82 Å². The maximum absolute atomic E-state index is 13.6. The predicted octanol–water partition coefficient (Wildman–Crippen LogP) is 2.72. The molecule has 1 unspecified atom stereocenters. The van der Waals surface area contributed by atoms with Crippen molar-refractivity contribution < 1.29 is 14.0 Å². The molecule has 2 aromatic carbocycles. The lowest BCUT2D eigenvalue weighted by Gasteiger charge is -2.26. The van der Waals surface area contributed by atoms with E-state index in [4.69, 9.17) is 5.73 Å². The summed E-state index contributed by atoms with van der Waals surface area (Å²) in [4.78, 5) is 30.9. The molecule has 0 radical (unpaired) electrons. The number of benzene rings is 2. The van der Waals surface area contributed by atoms with Crippen LogP contribution >= 0.6 is 11.8 Å². The fraction of sp³-hybridized carbons (Fsp3) is 0.250. The highest BCUT2D eigenvalue weighted by Gasteiger charge is 2.28. The van der Waals surface area contributed by atoms with Gasteiger partial charge in [-0.05, 0) is 36.1 Å². The van der Waals surface area contributed by atoms with Crippen LogP contribution in [0.3, 0.4) is 0 Å². The molecule has 8 heteroatoms. The third-order valence-electron chi connectivity index (χ3n) is 4.52. The SMILES string of the molecule is CSCc1nc2ccccc2n1CC(=O)N(C)C(C(N)=O)c1cccc(F)c1. The number of fused-ring (bicyclic) bond motifs is 1. The first-order valence-corrected chi connectivity index (χ1v) is 10.0. The highest BCUT2D eigenvalue weighted by molar-refractivity contribution is 7.97. The number of halogens is 1. The van der Waals surface area contributed by atoms with Crippen LogP contribution in [0.2, 0.25) is 0 Å². The standard InChI is InChI=1S/C20H21FN4O2S/c1-24(19(20(22)27)13-6-5-7-14(21)10-13)18(26)11-25-16-9-4-3-8-15(16)23-17(25)12-28-2/h3-10,19H,11-12H2,1-2H3,(H2,22,27). The summed E-state index contributed by atoms with van der Waals surface area (Å²) in [5.41, 5.74) is 7.50. The number of nitrogens with two attached hydrogens (primary N) is 1. The Bertz CT molecular complexity index is 1020. The number of amides is 2. The van der Waals surface area contributed by atoms with Gasteiger partial charge in [0.2, 0.25) is 11.8 Å². The van der Waals surface area contributed by atoms with E-state index in [9.17, 15) is 14.0 Å². The molecule has 1 atom stereocenters. The number of nitrogens with zero attached hydrogens (tertiary/aromatic N) is 3. The summed E-state index contributed by atoms with van der Waals surface area (Å²) in [6.07, 6.45) is 1.96. The molecule has 3 aromatic rings. The summed E-state index contributed by atoms with van der Waals surface area (Å²) < 4.78 is 15.4. The maximum Gasteiger partial charge on any atom is 0.244 e. The van der Waals surface area contributed by atoms with Gasteiger partial charge in [-0.1, -0.05) is 24.3 Å². The molecule has 0 fully saturated rings. The van der Waals surface area contributed by atoms with Gasteiger partial charge in [-0.15, -0.1) is 0 Å². The number of rotatable bonds is 7. The average molecular weight is 400 g/mol. The van der Waals surface area contributed by atoms with Crippen molar-refractivity contribution in [3.8, 4) is 0 Å². The molecule has 0 saturated carbocycles. The Labute approximate surface area is 166 Å². The van der Waals surface area contributed by atoms with E-state index in [1.165, 1.54) is 30.1 Å². The van der Waals surface area contributed by atoms with E-state index in [0.717, 1.165) is 16.9 Å². The minimum Gasteiger partial charge on any atom is -0.368 e. The molecule has 0 aliphatic rings. The van der Waals surface area contributed by atoms with Crippen LogP contribution in [-0.4, -0.2) is 39.6 Å². The normalized spacial score (nSPS) is 12.1. The van der Waals surface area contributed by atoms with E-state index in [2.05, 4.69) is 4.98 Å². The molecule has 0 spiro atoms. The number of aromatic nitrogens is 2. The van der Waals surface area contributed by atoms with Crippen LogP contribution in [0.5, 0.6) is 0 Å². The zero-order valence-corrected chi connectivity index (χ0v) is 16.4. The summed E-state index contributed by atoms with van der Waals surface area (Å²) in [6.45, 7) is 0.00595. The number of carbonyl (C=O) groups excluding carboxylic acids is 2. The summed E-state index contributed by atoms with van der Waals surface area (Å²) >= 11 is 1.61. The number of imidazole rings is 1. The van der Waals surface area contributed by atoms with Crippen molar-refractivity contribution in [3.05, 3.63) is 65.7 Å². The van der Waals surface area contributed by atoms with Gasteiger partial charge in [0, 0.05) is 7.05 Å². The molecule has 0 saturated heterocycles. The summed E-state index contributed by atoms with van der Waals surface area (Å²) in [7, 11) is 1.50. The second kappa shape index (κ2) is 8.43. The Morgan fingerprint density at radius 1 is 1.25 bits per heavy atom. The highest BCUT2D eigenvalue weighted by Crippen LogP contribution is 2.23. The zero-order valence-electron chi connectivity index (χ0n) is 15.6. The van der Waals surface area contributed by atoms with E-state index in [1.807, 2.05) is 35.1 Å². The van der Waals surface area contributed by atoms with Crippen LogP contribution in [0.15, 0.2) is 48.5 Å². The van der Waals surface area contributed by atoms with Crippen molar-refractivity contribution in [1.82, 2.24) is 14.5 Å². The Hall–Kier alpha value is -2.87. The minimum absolute atomic E-state index is 0.00595. The number of likely N-dealkylation sites (N-methyl/N-ethyl adjacent to an activating group) is 1. The van der Waals surface area contributed by atoms with E-state index in [0.29, 0.717) is 11.3 Å². The molecule has 28 heavy (non-hydrogen) atoms. The van der Waals surface area contributed by atoms with Gasteiger partial charge in [-0.3, -0.25) is 9.59 Å². The lowest BCUT2D eigenvalue weighted by atomic mass is 10.0. The van der Waals surface area contributed by atoms with Gasteiger partial charge < -0.3 is 15.2 Å². The summed E-state index contributed by atoms with van der Waals surface area (Å²) in [5, 5.41) is 0. The molecule has 1 aromatic heterocycles. The van der Waals surface area contributed by atoms with Crippen molar-refractivity contribution in [3.63, 3.8) is 0 Å². The minimum atomic E-state index is -1.05. The molecule has 146 valence electrons. The smallest absolute Gasteiger partial charge is 0.244 e. The lowest BCUT2D eigenvalue weighted by Crippen LogP contribution is -2.40. The summed E-state index contributed by atoms with van der Waals surface area (Å²) in [6, 6.07) is 12.1. The topological polar surface area (TPSA) is 81.2 Å². The van der Waals surface area contributed by atoms with Gasteiger partial charge in [-0.25, -0.2) is 9.37 Å². The summed E-state index contributed by atoms with van der Waals surface area (Å²) in [5.74, 6) is -0.112. The van der Waals surface area contributed by atoms with Crippen LogP contribution in [0.4, 0.5) is 4.39 Å². The number of carbonyl (C=O) groups is 2. The number of thioether (sulfide) groups is 1. The van der Waals surface area contributed by atoms with Crippen molar-refractivity contribution in [2.24, 2.45) is 5.73 Å². The molecular formula is C20H21FN4O2S. The van der Waals surface area contributed by atoms with Gasteiger partial charge in [0.1, 0.15) is 24.2 Å². The number of hydrogen-bond acceptors (Lipinski definition) is 4. The fourth-order valence-electron chi connectivity index (χ4n) is 3.19. The number of hydrogen-bond donors (Lipinski definition) is 1. The molecule has 2 amide bonds. The number of primary amides is 1. The average Bonchev–Trinajstić information content (AvgIpc) is 2.99. The number of para-hydroxylation sites is 2. The molecular weight excluding hydrogens is 379 g/mol. The predicted molar refractivity (Wildman–Crippen MR) is 108 cm³/mol. The molecule has 0 aliphatic carbocycles. The largest absolute Gasteiger partial charge is 0.368 e. The van der Waals surface area contributed by atoms with Crippen LogP contribution in [0.1, 0.15) is 17.4 Å². The van der Waals surface area contributed by atoms with E-state index in [1.54, 1.807) is 17.8 Å². The van der Waals surface area contributed by atoms with Gasteiger partial charge in [0.25, 0.3) is 0 Å². The first-order valence-electron chi connectivity index (χ1n) is 8.66. The van der Waals surface area contributed by atoms with Gasteiger partial charge >= 0.3 is 0 Å². The van der Waals surface area contributed by atoms with Crippen molar-refractivity contribution in [1.29, 1.82) is 0 Å². The first kappa shape index (κ1) is 19.9. The second-order valence-corrected chi connectivity index (χ2v) is 7.27. The molecule has 3 rings (SSSR count). The molecule has 6 nitrogen and oxygen atoms in total. The van der Waals surface area contributed by atoms with Gasteiger partial charge in [0.05, 0.1) is 16.8 Å². The Kier molecular flexibility index (Phi) is 5.99. The molecule has 0 bridgehead atoms. The van der Waals surface area contributed by atoms with E-state index >= 15 is 0 Å². The Morgan fingerprint density at radius 2 is 2.00 bits per heavy atom. The first-order chi connectivity index (χ1) is 13.4. The molecule has 0 aliphatic heterocycles. The third kappa shape index (κ3) is 4.01. The van der Waals surface area contributed by atoms with Gasteiger partial charge in [0.15, 0.2) is 0 Å². The van der Waals surface area contributed by atoms with Crippen LogP contribution in [0.25, 0.3) is 11.0 Å². The highest BCUT2D eigenvalue weighted by atomic mass is 32.2. The van der Waals surface area contributed by atoms with E-state index < -0.39 is 17.8 Å².